The number of piperidine rings is 1. The van der Waals surface area contributed by atoms with Crippen molar-refractivity contribution in [3.63, 3.8) is 0 Å². The van der Waals surface area contributed by atoms with Gasteiger partial charge in [-0.1, -0.05) is 12.5 Å². The lowest BCUT2D eigenvalue weighted by atomic mass is 10.0. The highest BCUT2D eigenvalue weighted by atomic mass is 32.2. The topological polar surface area (TPSA) is 66.5 Å². The fraction of sp³-hybridized carbons (Fsp3) is 0.409. The molecule has 2 aliphatic heterocycles. The van der Waals surface area contributed by atoms with E-state index in [2.05, 4.69) is 5.32 Å². The van der Waals surface area contributed by atoms with Crippen LogP contribution in [-0.2, 0) is 10.0 Å². The minimum Gasteiger partial charge on any atom is -0.345 e. The van der Waals surface area contributed by atoms with Crippen molar-refractivity contribution >= 4 is 27.7 Å². The number of nitrogens with one attached hydrogen (secondary N) is 1. The molecule has 2 atom stereocenters. The molecule has 2 heterocycles. The molecular weight excluding hydrogens is 423 g/mol. The number of sulfonamides is 1. The van der Waals surface area contributed by atoms with E-state index in [1.807, 2.05) is 6.92 Å². The predicted molar refractivity (Wildman–Crippen MR) is 116 cm³/mol. The van der Waals surface area contributed by atoms with Crippen LogP contribution in [-0.4, -0.2) is 37.0 Å². The molecule has 0 radical (unpaired) electrons. The molecule has 0 unspecified atom stereocenters. The molecular formula is C22H25FN2O3S2. The van der Waals surface area contributed by atoms with Gasteiger partial charge in [-0.05, 0) is 68.1 Å². The van der Waals surface area contributed by atoms with E-state index in [-0.39, 0.29) is 34.3 Å². The number of nitrogens with zero attached hydrogens (tertiary/aromatic N) is 1. The average Bonchev–Trinajstić information content (AvgIpc) is 2.74. The first-order chi connectivity index (χ1) is 14.4. The van der Waals surface area contributed by atoms with Crippen LogP contribution in [0.4, 0.5) is 4.39 Å². The zero-order valence-corrected chi connectivity index (χ0v) is 18.4. The van der Waals surface area contributed by atoms with Crippen molar-refractivity contribution in [1.29, 1.82) is 0 Å². The molecule has 1 saturated heterocycles. The summed E-state index contributed by atoms with van der Waals surface area (Å²) in [5, 5.41) is 2.96. The molecule has 30 heavy (non-hydrogen) atoms. The summed E-state index contributed by atoms with van der Waals surface area (Å²) in [6.45, 7) is 2.42. The lowest BCUT2D eigenvalue weighted by molar-refractivity contribution is 0.0934. The quantitative estimate of drug-likeness (QED) is 0.755. The van der Waals surface area contributed by atoms with Crippen LogP contribution in [0.3, 0.4) is 0 Å². The lowest BCUT2D eigenvalue weighted by Crippen LogP contribution is -2.42. The van der Waals surface area contributed by atoms with E-state index < -0.39 is 10.0 Å². The van der Waals surface area contributed by atoms with Gasteiger partial charge in [0.2, 0.25) is 10.0 Å². The van der Waals surface area contributed by atoms with Crippen molar-refractivity contribution in [2.75, 3.05) is 12.3 Å². The number of halogens is 1. The van der Waals surface area contributed by atoms with Crippen molar-refractivity contribution in [1.82, 2.24) is 9.62 Å². The van der Waals surface area contributed by atoms with Crippen LogP contribution >= 0.6 is 11.8 Å². The van der Waals surface area contributed by atoms with Crippen LogP contribution in [0.15, 0.2) is 52.3 Å². The molecule has 0 spiro atoms. The summed E-state index contributed by atoms with van der Waals surface area (Å²) in [4.78, 5) is 14.0. The summed E-state index contributed by atoms with van der Waals surface area (Å²) in [6, 6.07) is 10.5. The molecule has 1 amide bonds. The van der Waals surface area contributed by atoms with Crippen molar-refractivity contribution in [2.45, 2.75) is 54.5 Å². The minimum atomic E-state index is -3.65. The minimum absolute atomic E-state index is 0.0487. The van der Waals surface area contributed by atoms with Crippen LogP contribution in [0.2, 0.25) is 0 Å². The Bertz CT molecular complexity index is 1060. The van der Waals surface area contributed by atoms with Crippen molar-refractivity contribution in [2.24, 2.45) is 0 Å². The number of benzene rings is 2. The first-order valence-corrected chi connectivity index (χ1v) is 12.6. The van der Waals surface area contributed by atoms with Crippen LogP contribution in [0.1, 0.15) is 54.6 Å². The van der Waals surface area contributed by atoms with Crippen molar-refractivity contribution in [3.05, 3.63) is 59.4 Å². The summed E-state index contributed by atoms with van der Waals surface area (Å²) in [5.41, 5.74) is 1.06. The summed E-state index contributed by atoms with van der Waals surface area (Å²) in [6.07, 6.45) is 3.40. The molecule has 160 valence electrons. The van der Waals surface area contributed by atoms with Gasteiger partial charge in [-0.3, -0.25) is 4.79 Å². The van der Waals surface area contributed by atoms with Gasteiger partial charge >= 0.3 is 0 Å². The maximum Gasteiger partial charge on any atom is 0.251 e. The van der Waals surface area contributed by atoms with E-state index in [1.54, 1.807) is 30.0 Å². The number of fused-ring (bicyclic) bond motifs is 1. The third kappa shape index (κ3) is 4.26. The number of carbonyl (C=O) groups is 1. The Kier molecular flexibility index (Phi) is 6.18. The Morgan fingerprint density at radius 3 is 2.80 bits per heavy atom. The van der Waals surface area contributed by atoms with Crippen molar-refractivity contribution < 1.29 is 17.6 Å². The van der Waals surface area contributed by atoms with Gasteiger partial charge in [-0.25, -0.2) is 12.8 Å². The standard InChI is InChI=1S/C22H25FN2O3S2/c1-15-5-2-3-11-25(15)30(27,28)18-7-4-6-16(13-18)22(26)24-20-10-12-29-21-9-8-17(23)14-19(20)21/h4,6-9,13-15,20H,2-3,5,10-12H2,1H3,(H,24,26)/t15-,20-/m0/s1. The fourth-order valence-electron chi connectivity index (χ4n) is 4.12. The smallest absolute Gasteiger partial charge is 0.251 e. The third-order valence-corrected chi connectivity index (χ3v) is 8.89. The summed E-state index contributed by atoms with van der Waals surface area (Å²) in [5.74, 6) is 0.135. The van der Waals surface area contributed by atoms with E-state index in [0.717, 1.165) is 35.5 Å². The summed E-state index contributed by atoms with van der Waals surface area (Å²) >= 11 is 1.64. The Labute approximate surface area is 181 Å². The number of carbonyl (C=O) groups excluding carboxylic acids is 1. The zero-order valence-electron chi connectivity index (χ0n) is 16.8. The average molecular weight is 449 g/mol. The SMILES string of the molecule is C[C@H]1CCCCN1S(=O)(=O)c1cccc(C(=O)N[C@H]2CCSc3ccc(F)cc32)c1. The van der Waals surface area contributed by atoms with Crippen molar-refractivity contribution in [3.8, 4) is 0 Å². The number of hydrogen-bond donors (Lipinski definition) is 1. The van der Waals surface area contributed by atoms with Gasteiger partial charge in [0.05, 0.1) is 10.9 Å². The summed E-state index contributed by atoms with van der Waals surface area (Å²) < 4.78 is 41.5. The van der Waals surface area contributed by atoms with Gasteiger partial charge in [-0.15, -0.1) is 11.8 Å². The maximum atomic E-state index is 13.7. The van der Waals surface area contributed by atoms with Crippen LogP contribution < -0.4 is 5.32 Å². The first-order valence-electron chi connectivity index (χ1n) is 10.2. The Hall–Kier alpha value is -1.90. The molecule has 0 saturated carbocycles. The molecule has 0 aromatic heterocycles. The Morgan fingerprint density at radius 1 is 1.17 bits per heavy atom. The molecule has 5 nitrogen and oxygen atoms in total. The highest BCUT2D eigenvalue weighted by Gasteiger charge is 2.31. The second kappa shape index (κ2) is 8.69. The fourth-order valence-corrected chi connectivity index (χ4v) is 6.97. The zero-order chi connectivity index (χ0) is 21.3. The van der Waals surface area contributed by atoms with Gasteiger partial charge in [0.25, 0.3) is 5.91 Å². The van der Waals surface area contributed by atoms with E-state index in [0.29, 0.717) is 13.0 Å². The highest BCUT2D eigenvalue weighted by Crippen LogP contribution is 2.36. The summed E-state index contributed by atoms with van der Waals surface area (Å²) in [7, 11) is -3.65. The van der Waals surface area contributed by atoms with E-state index in [9.17, 15) is 17.6 Å². The van der Waals surface area contributed by atoms with Crippen LogP contribution in [0.5, 0.6) is 0 Å². The molecule has 2 aromatic carbocycles. The molecule has 1 N–H and O–H groups in total. The predicted octanol–water partition coefficient (Wildman–Crippen LogP) is 4.36. The van der Waals surface area contributed by atoms with Gasteiger partial charge in [0.1, 0.15) is 5.82 Å². The van der Waals surface area contributed by atoms with E-state index in [1.165, 1.54) is 28.6 Å². The van der Waals surface area contributed by atoms with E-state index >= 15 is 0 Å². The highest BCUT2D eigenvalue weighted by molar-refractivity contribution is 7.99. The molecule has 2 aliphatic rings. The first kappa shape index (κ1) is 21.3. The third-order valence-electron chi connectivity index (χ3n) is 5.76. The normalized spacial score (nSPS) is 22.3. The second-order valence-electron chi connectivity index (χ2n) is 7.83. The molecule has 0 aliphatic carbocycles. The Balaban J connectivity index is 1.56. The molecule has 1 fully saturated rings. The number of amides is 1. The second-order valence-corrected chi connectivity index (χ2v) is 10.9. The number of hydrogen-bond acceptors (Lipinski definition) is 4. The Morgan fingerprint density at radius 2 is 2.00 bits per heavy atom. The largest absolute Gasteiger partial charge is 0.345 e. The maximum absolute atomic E-state index is 13.7. The van der Waals surface area contributed by atoms with E-state index in [4.69, 9.17) is 0 Å². The number of thioether (sulfide) groups is 1. The van der Waals surface area contributed by atoms with Gasteiger partial charge < -0.3 is 5.32 Å². The molecule has 0 bridgehead atoms. The molecule has 2 aromatic rings. The number of rotatable bonds is 4. The van der Waals surface area contributed by atoms with Gasteiger partial charge in [0, 0.05) is 28.8 Å². The lowest BCUT2D eigenvalue weighted by Gasteiger charge is -2.32. The molecule has 4 rings (SSSR count). The monoisotopic (exact) mass is 448 g/mol. The van der Waals surface area contributed by atoms with Crippen LogP contribution in [0.25, 0.3) is 0 Å². The molecule has 8 heteroatoms. The van der Waals surface area contributed by atoms with Gasteiger partial charge in [-0.2, -0.15) is 4.31 Å². The van der Waals surface area contributed by atoms with Gasteiger partial charge in [0.15, 0.2) is 0 Å². The van der Waals surface area contributed by atoms with Crippen LogP contribution in [0, 0.1) is 5.82 Å².